The van der Waals surface area contributed by atoms with Crippen LogP contribution in [0.25, 0.3) is 0 Å². The van der Waals surface area contributed by atoms with Gasteiger partial charge in [-0.2, -0.15) is 0 Å². The first kappa shape index (κ1) is 15.9. The molecule has 128 valence electrons. The molecule has 2 fully saturated rings. The van der Waals surface area contributed by atoms with Crippen LogP contribution < -0.4 is 0 Å². The molecule has 0 heterocycles. The highest BCUT2D eigenvalue weighted by Gasteiger charge is 2.56. The van der Waals surface area contributed by atoms with E-state index in [9.17, 15) is 9.59 Å². The van der Waals surface area contributed by atoms with Crippen LogP contribution in [-0.4, -0.2) is 16.9 Å². The van der Waals surface area contributed by atoms with Crippen molar-refractivity contribution in [3.8, 4) is 0 Å². The molecule has 3 aliphatic carbocycles. The molecule has 0 bridgehead atoms. The maximum atomic E-state index is 12.4. The van der Waals surface area contributed by atoms with Crippen molar-refractivity contribution >= 4 is 11.8 Å². The summed E-state index contributed by atoms with van der Waals surface area (Å²) in [5, 5.41) is 9.03. The molecule has 0 unspecified atom stereocenters. The minimum absolute atomic E-state index is 0.0871. The van der Waals surface area contributed by atoms with E-state index >= 15 is 0 Å². The van der Waals surface area contributed by atoms with Crippen molar-refractivity contribution in [2.24, 2.45) is 23.2 Å². The molecule has 2 saturated carbocycles. The molecule has 1 aromatic carbocycles. The molecular weight excluding hydrogens is 300 g/mol. The zero-order valence-electron chi connectivity index (χ0n) is 14.5. The number of aliphatic carboxylic acids is 1. The van der Waals surface area contributed by atoms with Crippen molar-refractivity contribution in [1.29, 1.82) is 0 Å². The summed E-state index contributed by atoms with van der Waals surface area (Å²) in [6.07, 6.45) is 5.06. The van der Waals surface area contributed by atoms with Gasteiger partial charge < -0.3 is 5.11 Å². The van der Waals surface area contributed by atoms with Crippen molar-refractivity contribution in [1.82, 2.24) is 0 Å². The largest absolute Gasteiger partial charge is 0.481 e. The smallest absolute Gasteiger partial charge is 0.307 e. The molecule has 0 aromatic heterocycles. The second kappa shape index (κ2) is 5.44. The highest BCUT2D eigenvalue weighted by atomic mass is 16.4. The van der Waals surface area contributed by atoms with Crippen molar-refractivity contribution in [3.05, 3.63) is 34.9 Å². The van der Waals surface area contributed by atoms with Gasteiger partial charge in [0.05, 0.1) is 6.42 Å². The zero-order valence-corrected chi connectivity index (χ0v) is 14.5. The highest BCUT2D eigenvalue weighted by Crippen LogP contribution is 2.60. The second-order valence-corrected chi connectivity index (χ2v) is 8.49. The molecule has 0 aliphatic heterocycles. The summed E-state index contributed by atoms with van der Waals surface area (Å²) >= 11 is 0. The third kappa shape index (κ3) is 2.24. The minimum atomic E-state index is -0.769. The Morgan fingerprint density at radius 3 is 2.88 bits per heavy atom. The van der Waals surface area contributed by atoms with Crippen molar-refractivity contribution in [2.75, 3.05) is 0 Å². The average Bonchev–Trinajstić information content (AvgIpc) is 2.82. The number of ketones is 1. The van der Waals surface area contributed by atoms with Crippen LogP contribution in [0.1, 0.15) is 62.1 Å². The summed E-state index contributed by atoms with van der Waals surface area (Å²) < 4.78 is 0. The fourth-order valence-electron chi connectivity index (χ4n) is 6.09. The number of fused-ring (bicyclic) bond motifs is 5. The quantitative estimate of drug-likeness (QED) is 0.894. The zero-order chi connectivity index (χ0) is 17.1. The molecule has 4 rings (SSSR count). The van der Waals surface area contributed by atoms with E-state index in [-0.39, 0.29) is 11.8 Å². The van der Waals surface area contributed by atoms with Gasteiger partial charge in [0.2, 0.25) is 0 Å². The fraction of sp³-hybridized carbons (Fsp3) is 0.619. The molecule has 3 heteroatoms. The van der Waals surface area contributed by atoms with E-state index in [0.29, 0.717) is 29.5 Å². The summed E-state index contributed by atoms with van der Waals surface area (Å²) in [6, 6.07) is 6.29. The van der Waals surface area contributed by atoms with Gasteiger partial charge in [-0.15, -0.1) is 0 Å². The molecule has 1 N–H and O–H groups in total. The van der Waals surface area contributed by atoms with Gasteiger partial charge in [-0.1, -0.05) is 32.0 Å². The number of carbonyl (C=O) groups is 2. The van der Waals surface area contributed by atoms with E-state index in [1.165, 1.54) is 11.1 Å². The lowest BCUT2D eigenvalue weighted by molar-refractivity contribution is -0.136. The monoisotopic (exact) mass is 326 g/mol. The molecule has 5 atom stereocenters. The molecule has 3 nitrogen and oxygen atoms in total. The van der Waals surface area contributed by atoms with E-state index in [1.54, 1.807) is 0 Å². The molecule has 3 aliphatic rings. The topological polar surface area (TPSA) is 54.4 Å². The maximum Gasteiger partial charge on any atom is 0.307 e. The van der Waals surface area contributed by atoms with E-state index in [0.717, 1.165) is 37.7 Å². The van der Waals surface area contributed by atoms with E-state index in [4.69, 9.17) is 5.11 Å². The van der Waals surface area contributed by atoms with Crippen LogP contribution in [0.2, 0.25) is 0 Å². The van der Waals surface area contributed by atoms with Crippen molar-refractivity contribution in [2.45, 2.75) is 58.3 Å². The first-order chi connectivity index (χ1) is 11.4. The Labute approximate surface area is 143 Å². The van der Waals surface area contributed by atoms with Crippen LogP contribution in [0.3, 0.4) is 0 Å². The molecular formula is C21H26O3. The Bertz CT molecular complexity index is 707. The lowest BCUT2D eigenvalue weighted by Crippen LogP contribution is -2.45. The number of carboxylic acids is 1. The van der Waals surface area contributed by atoms with Gasteiger partial charge in [-0.25, -0.2) is 0 Å². The predicted molar refractivity (Wildman–Crippen MR) is 92.0 cm³/mol. The predicted octanol–water partition coefficient (Wildman–Crippen LogP) is 3.98. The number of carbonyl (C=O) groups excluding carboxylic acids is 1. The lowest BCUT2D eigenvalue weighted by atomic mass is 9.53. The van der Waals surface area contributed by atoms with Crippen LogP contribution in [0.4, 0.5) is 0 Å². The molecule has 0 spiro atoms. The number of benzene rings is 1. The Kier molecular flexibility index (Phi) is 3.59. The highest BCUT2D eigenvalue weighted by molar-refractivity contribution is 5.87. The van der Waals surface area contributed by atoms with E-state index in [1.807, 2.05) is 6.07 Å². The Balaban J connectivity index is 1.70. The van der Waals surface area contributed by atoms with Gasteiger partial charge in [-0.3, -0.25) is 9.59 Å². The Hall–Kier alpha value is -1.64. The van der Waals surface area contributed by atoms with E-state index in [2.05, 4.69) is 26.0 Å². The molecule has 24 heavy (non-hydrogen) atoms. The number of hydrogen-bond donors (Lipinski definition) is 1. The first-order valence-electron chi connectivity index (χ1n) is 9.27. The summed E-state index contributed by atoms with van der Waals surface area (Å²) in [5.74, 6) is 1.97. The second-order valence-electron chi connectivity index (χ2n) is 8.49. The summed E-state index contributed by atoms with van der Waals surface area (Å²) in [5.41, 5.74) is 3.59. The van der Waals surface area contributed by atoms with Crippen LogP contribution in [0, 0.1) is 23.2 Å². The molecule has 0 amide bonds. The number of rotatable bonds is 2. The minimum Gasteiger partial charge on any atom is -0.481 e. The van der Waals surface area contributed by atoms with E-state index < -0.39 is 5.97 Å². The number of carboxylic acid groups (broad SMARTS) is 1. The maximum absolute atomic E-state index is 12.4. The summed E-state index contributed by atoms with van der Waals surface area (Å²) in [7, 11) is 0. The van der Waals surface area contributed by atoms with Gasteiger partial charge in [0.15, 0.2) is 0 Å². The lowest BCUT2D eigenvalue weighted by Gasteiger charge is -2.51. The molecule has 0 radical (unpaired) electrons. The van der Waals surface area contributed by atoms with Gasteiger partial charge in [-0.05, 0) is 66.0 Å². The third-order valence-corrected chi connectivity index (χ3v) is 7.20. The standard InChI is InChI=1S/C21H26O3/c1-12-9-14-10-13(11-19(23)24)3-4-15(14)16-7-8-21(2)17(20(12)16)5-6-18(21)22/h3-4,10,12,16-17,20H,5-9,11H2,1-2H3,(H,23,24)/t12-,16-,17+,20-,21+/m1/s1. The van der Waals surface area contributed by atoms with Crippen LogP contribution in [0.15, 0.2) is 18.2 Å². The van der Waals surface area contributed by atoms with Crippen molar-refractivity contribution in [3.63, 3.8) is 0 Å². The molecule has 0 saturated heterocycles. The van der Waals surface area contributed by atoms with Crippen LogP contribution >= 0.6 is 0 Å². The van der Waals surface area contributed by atoms with Gasteiger partial charge >= 0.3 is 5.97 Å². The van der Waals surface area contributed by atoms with Gasteiger partial charge in [0, 0.05) is 11.8 Å². The van der Waals surface area contributed by atoms with Crippen LogP contribution in [0.5, 0.6) is 0 Å². The van der Waals surface area contributed by atoms with Gasteiger partial charge in [0.1, 0.15) is 5.78 Å². The third-order valence-electron chi connectivity index (χ3n) is 7.20. The summed E-state index contributed by atoms with van der Waals surface area (Å²) in [4.78, 5) is 23.4. The summed E-state index contributed by atoms with van der Waals surface area (Å²) in [6.45, 7) is 4.54. The Morgan fingerprint density at radius 1 is 1.33 bits per heavy atom. The number of Topliss-reactive ketones (excluding diaryl/α,β-unsaturated/α-hetero) is 1. The van der Waals surface area contributed by atoms with Crippen molar-refractivity contribution < 1.29 is 14.7 Å². The first-order valence-corrected chi connectivity index (χ1v) is 9.27. The van der Waals surface area contributed by atoms with Crippen LogP contribution in [-0.2, 0) is 22.4 Å². The molecule has 1 aromatic rings. The normalized spacial score (nSPS) is 37.5. The van der Waals surface area contributed by atoms with Gasteiger partial charge in [0.25, 0.3) is 0 Å². The average molecular weight is 326 g/mol. The fourth-order valence-corrected chi connectivity index (χ4v) is 6.09. The Morgan fingerprint density at radius 2 is 2.12 bits per heavy atom. The SMILES string of the molecule is C[C@@H]1Cc2cc(CC(=O)O)ccc2[C@H]2CC[C@]3(C)C(=O)CC[C@H]3[C@H]12. The number of hydrogen-bond acceptors (Lipinski definition) is 2.